The van der Waals surface area contributed by atoms with Gasteiger partial charge in [0, 0.05) is 48.9 Å². The molecule has 5 nitrogen and oxygen atoms in total. The molecule has 0 amide bonds. The monoisotopic (exact) mass is 464 g/mol. The smallest absolute Gasteiger partial charge is 0.379 e. The van der Waals surface area contributed by atoms with E-state index in [4.69, 9.17) is 4.74 Å². The third-order valence-electron chi connectivity index (χ3n) is 5.52. The van der Waals surface area contributed by atoms with Gasteiger partial charge in [-0.05, 0) is 36.8 Å². The second-order valence-corrected chi connectivity index (χ2v) is 9.08. The highest BCUT2D eigenvalue weighted by molar-refractivity contribution is 7.99. The van der Waals surface area contributed by atoms with Gasteiger partial charge in [-0.25, -0.2) is 4.98 Å². The average molecular weight is 465 g/mol. The number of thioether (sulfide) groups is 1. The van der Waals surface area contributed by atoms with Crippen LogP contribution in [0.2, 0.25) is 0 Å². The Morgan fingerprint density at radius 3 is 2.69 bits per heavy atom. The van der Waals surface area contributed by atoms with E-state index in [1.807, 2.05) is 12.4 Å². The van der Waals surface area contributed by atoms with Crippen molar-refractivity contribution in [3.8, 4) is 0 Å². The van der Waals surface area contributed by atoms with Crippen molar-refractivity contribution < 1.29 is 17.9 Å². The van der Waals surface area contributed by atoms with Crippen molar-refractivity contribution in [2.75, 3.05) is 32.1 Å². The third-order valence-corrected chi connectivity index (χ3v) is 6.68. The molecule has 3 aromatic rings. The van der Waals surface area contributed by atoms with Crippen molar-refractivity contribution >= 4 is 22.7 Å². The van der Waals surface area contributed by atoms with E-state index < -0.39 is 11.7 Å². The minimum absolute atomic E-state index is 0.387. The highest BCUT2D eigenvalue weighted by Gasteiger charge is 2.30. The quantitative estimate of drug-likeness (QED) is 0.320. The Bertz CT molecular complexity index is 1020. The van der Waals surface area contributed by atoms with Gasteiger partial charge in [-0.2, -0.15) is 13.2 Å². The summed E-state index contributed by atoms with van der Waals surface area (Å²) in [6.45, 7) is 5.32. The molecule has 0 radical (unpaired) electrons. The van der Waals surface area contributed by atoms with Crippen LogP contribution in [0.5, 0.6) is 0 Å². The molecule has 32 heavy (non-hydrogen) atoms. The molecule has 2 aromatic heterocycles. The summed E-state index contributed by atoms with van der Waals surface area (Å²) in [6, 6.07) is 5.66. The Kier molecular flexibility index (Phi) is 7.70. The summed E-state index contributed by atoms with van der Waals surface area (Å²) in [6.07, 6.45) is 4.47. The SMILES string of the molecule is FC(F)(F)c1ccc2c(SCCCCCn3cnc(CN4CCOCC4)c3)ccnc2c1. The van der Waals surface area contributed by atoms with Gasteiger partial charge in [0.2, 0.25) is 0 Å². The first-order chi connectivity index (χ1) is 15.5. The van der Waals surface area contributed by atoms with E-state index in [1.165, 1.54) is 6.07 Å². The number of halogens is 3. The number of hydrogen-bond acceptors (Lipinski definition) is 5. The second-order valence-electron chi connectivity index (χ2n) is 7.94. The number of benzene rings is 1. The molecule has 0 spiro atoms. The summed E-state index contributed by atoms with van der Waals surface area (Å²) >= 11 is 1.68. The van der Waals surface area contributed by atoms with Crippen LogP contribution in [0, 0.1) is 0 Å². The summed E-state index contributed by atoms with van der Waals surface area (Å²) in [7, 11) is 0. The molecular weight excluding hydrogens is 437 g/mol. The number of fused-ring (bicyclic) bond motifs is 1. The molecule has 9 heteroatoms. The van der Waals surface area contributed by atoms with Crippen molar-refractivity contribution in [2.45, 2.75) is 43.4 Å². The first kappa shape index (κ1) is 23.1. The summed E-state index contributed by atoms with van der Waals surface area (Å²) in [5.41, 5.74) is 0.825. The molecule has 1 saturated heterocycles. The molecule has 0 atom stereocenters. The number of imidazole rings is 1. The molecule has 4 rings (SSSR count). The molecule has 0 N–H and O–H groups in total. The minimum atomic E-state index is -4.35. The lowest BCUT2D eigenvalue weighted by Crippen LogP contribution is -2.35. The van der Waals surface area contributed by atoms with E-state index in [2.05, 4.69) is 25.6 Å². The van der Waals surface area contributed by atoms with E-state index >= 15 is 0 Å². The highest BCUT2D eigenvalue weighted by atomic mass is 32.2. The Morgan fingerprint density at radius 2 is 1.88 bits per heavy atom. The fourth-order valence-electron chi connectivity index (χ4n) is 3.78. The molecule has 0 saturated carbocycles. The highest BCUT2D eigenvalue weighted by Crippen LogP contribution is 2.33. The number of morpholine rings is 1. The number of rotatable bonds is 9. The maximum absolute atomic E-state index is 12.9. The van der Waals surface area contributed by atoms with Crippen molar-refractivity contribution in [1.29, 1.82) is 0 Å². The lowest BCUT2D eigenvalue weighted by Gasteiger charge is -2.25. The fourth-order valence-corrected chi connectivity index (χ4v) is 4.83. The lowest BCUT2D eigenvalue weighted by atomic mass is 10.1. The maximum atomic E-state index is 12.9. The number of aromatic nitrogens is 3. The zero-order valence-electron chi connectivity index (χ0n) is 17.9. The molecule has 3 heterocycles. The van der Waals surface area contributed by atoms with Crippen LogP contribution >= 0.6 is 11.8 Å². The molecule has 1 aliphatic heterocycles. The second kappa shape index (κ2) is 10.7. The predicted octanol–water partition coefficient (Wildman–Crippen LogP) is 5.24. The Hall–Kier alpha value is -2.10. The van der Waals surface area contributed by atoms with Crippen LogP contribution in [0.4, 0.5) is 13.2 Å². The van der Waals surface area contributed by atoms with Gasteiger partial charge in [0.25, 0.3) is 0 Å². The standard InChI is InChI=1S/C23H27F3N4OS/c24-23(25,26)18-4-5-20-21(14-18)27-7-6-22(20)32-13-3-1-2-8-30-16-19(28-17-30)15-29-9-11-31-12-10-29/h4-7,14,16-17H,1-3,8-13,15H2. The van der Waals surface area contributed by atoms with E-state index in [1.54, 1.807) is 18.0 Å². The number of aryl methyl sites for hydroxylation is 1. The number of nitrogens with zero attached hydrogens (tertiary/aromatic N) is 4. The number of hydrogen-bond donors (Lipinski definition) is 0. The van der Waals surface area contributed by atoms with Crippen molar-refractivity contribution in [1.82, 2.24) is 19.4 Å². The van der Waals surface area contributed by atoms with Crippen LogP contribution in [0.25, 0.3) is 10.9 Å². The van der Waals surface area contributed by atoms with Gasteiger partial charge in [0.1, 0.15) is 0 Å². The molecule has 0 aliphatic carbocycles. The number of pyridine rings is 1. The summed E-state index contributed by atoms with van der Waals surface area (Å²) in [5, 5.41) is 0.775. The van der Waals surface area contributed by atoms with Crippen LogP contribution < -0.4 is 0 Å². The Labute approximate surface area is 190 Å². The number of ether oxygens (including phenoxy) is 1. The Morgan fingerprint density at radius 1 is 1.03 bits per heavy atom. The van der Waals surface area contributed by atoms with E-state index in [-0.39, 0.29) is 0 Å². The van der Waals surface area contributed by atoms with Gasteiger partial charge in [-0.3, -0.25) is 9.88 Å². The van der Waals surface area contributed by atoms with Crippen LogP contribution in [0.15, 0.2) is 47.9 Å². The van der Waals surface area contributed by atoms with Crippen molar-refractivity contribution in [3.63, 3.8) is 0 Å². The van der Waals surface area contributed by atoms with Crippen molar-refractivity contribution in [2.24, 2.45) is 0 Å². The normalized spacial score (nSPS) is 15.5. The summed E-state index contributed by atoms with van der Waals surface area (Å²) in [5.74, 6) is 0.923. The fraction of sp³-hybridized carbons (Fsp3) is 0.478. The maximum Gasteiger partial charge on any atom is 0.416 e. The van der Waals surface area contributed by atoms with Crippen LogP contribution in [-0.2, 0) is 24.0 Å². The van der Waals surface area contributed by atoms with Gasteiger partial charge < -0.3 is 9.30 Å². The number of unbranched alkanes of at least 4 members (excludes halogenated alkanes) is 2. The molecular formula is C23H27F3N4OS. The first-order valence-electron chi connectivity index (χ1n) is 10.9. The molecule has 1 aliphatic rings. The predicted molar refractivity (Wildman–Crippen MR) is 120 cm³/mol. The van der Waals surface area contributed by atoms with E-state index in [0.717, 1.165) is 92.5 Å². The zero-order valence-corrected chi connectivity index (χ0v) is 18.7. The van der Waals surface area contributed by atoms with Crippen LogP contribution in [0.1, 0.15) is 30.5 Å². The van der Waals surface area contributed by atoms with Gasteiger partial charge in [-0.1, -0.05) is 12.5 Å². The van der Waals surface area contributed by atoms with Gasteiger partial charge in [0.05, 0.1) is 36.3 Å². The molecule has 1 fully saturated rings. The molecule has 0 bridgehead atoms. The van der Waals surface area contributed by atoms with Gasteiger partial charge >= 0.3 is 6.18 Å². The first-order valence-corrected chi connectivity index (χ1v) is 11.9. The summed E-state index contributed by atoms with van der Waals surface area (Å²) < 4.78 is 46.3. The Balaban J connectivity index is 1.19. The van der Waals surface area contributed by atoms with Gasteiger partial charge in [-0.15, -0.1) is 11.8 Å². The molecule has 172 valence electrons. The largest absolute Gasteiger partial charge is 0.416 e. The number of alkyl halides is 3. The van der Waals surface area contributed by atoms with Crippen LogP contribution in [-0.4, -0.2) is 51.5 Å². The van der Waals surface area contributed by atoms with Crippen LogP contribution in [0.3, 0.4) is 0 Å². The average Bonchev–Trinajstić information content (AvgIpc) is 3.23. The molecule has 1 aromatic carbocycles. The van der Waals surface area contributed by atoms with Crippen molar-refractivity contribution in [3.05, 3.63) is 54.2 Å². The third kappa shape index (κ3) is 6.24. The lowest BCUT2D eigenvalue weighted by molar-refractivity contribution is -0.137. The topological polar surface area (TPSA) is 43.2 Å². The summed E-state index contributed by atoms with van der Waals surface area (Å²) in [4.78, 5) is 12.0. The van der Waals surface area contributed by atoms with E-state index in [0.29, 0.717) is 5.52 Å². The van der Waals surface area contributed by atoms with Gasteiger partial charge in [0.15, 0.2) is 0 Å². The zero-order chi connectivity index (χ0) is 22.4. The minimum Gasteiger partial charge on any atom is -0.379 e. The van der Waals surface area contributed by atoms with E-state index in [9.17, 15) is 13.2 Å². The molecule has 0 unspecified atom stereocenters.